The zero-order valence-electron chi connectivity index (χ0n) is 9.17. The minimum atomic E-state index is -0.530. The van der Waals surface area contributed by atoms with Crippen LogP contribution in [0.4, 0.5) is 10.5 Å². The first-order valence-electron chi connectivity index (χ1n) is 4.59. The van der Waals surface area contributed by atoms with Crippen molar-refractivity contribution in [2.75, 3.05) is 5.32 Å². The van der Waals surface area contributed by atoms with Crippen LogP contribution >= 0.6 is 27.5 Å². The molecule has 0 saturated heterocycles. The van der Waals surface area contributed by atoms with Crippen molar-refractivity contribution in [2.24, 2.45) is 0 Å². The molecule has 1 N–H and O–H groups in total. The summed E-state index contributed by atoms with van der Waals surface area (Å²) in [7, 11) is 0. The Morgan fingerprint density at radius 2 is 2.12 bits per heavy atom. The van der Waals surface area contributed by atoms with Crippen LogP contribution in [0.1, 0.15) is 20.8 Å². The van der Waals surface area contributed by atoms with Gasteiger partial charge in [-0.15, -0.1) is 0 Å². The molecule has 1 heterocycles. The van der Waals surface area contributed by atoms with Crippen molar-refractivity contribution in [2.45, 2.75) is 26.4 Å². The molecule has 0 unspecified atom stereocenters. The summed E-state index contributed by atoms with van der Waals surface area (Å²) in [4.78, 5) is 15.3. The van der Waals surface area contributed by atoms with E-state index in [2.05, 4.69) is 26.2 Å². The Balaban J connectivity index is 2.70. The Morgan fingerprint density at radius 1 is 1.50 bits per heavy atom. The summed E-state index contributed by atoms with van der Waals surface area (Å²) in [6.07, 6.45) is -0.526. The first-order valence-corrected chi connectivity index (χ1v) is 5.76. The lowest BCUT2D eigenvalue weighted by atomic mass is 10.2. The Bertz CT molecular complexity index is 384. The van der Waals surface area contributed by atoms with E-state index in [-0.39, 0.29) is 0 Å². The number of amides is 1. The molecule has 88 valence electrons. The van der Waals surface area contributed by atoms with Crippen LogP contribution in [0.25, 0.3) is 0 Å². The summed E-state index contributed by atoms with van der Waals surface area (Å²) in [5, 5.41) is 2.86. The summed E-state index contributed by atoms with van der Waals surface area (Å²) in [6.45, 7) is 5.38. The fourth-order valence-electron chi connectivity index (χ4n) is 0.959. The summed E-state index contributed by atoms with van der Waals surface area (Å²) < 4.78 is 5.64. The second kappa shape index (κ2) is 5.01. The van der Waals surface area contributed by atoms with Crippen LogP contribution in [0.15, 0.2) is 16.7 Å². The lowest BCUT2D eigenvalue weighted by Crippen LogP contribution is -2.27. The van der Waals surface area contributed by atoms with E-state index < -0.39 is 11.7 Å². The Labute approximate surface area is 107 Å². The monoisotopic (exact) mass is 306 g/mol. The molecule has 0 radical (unpaired) electrons. The zero-order valence-corrected chi connectivity index (χ0v) is 11.5. The highest BCUT2D eigenvalue weighted by Crippen LogP contribution is 2.19. The lowest BCUT2D eigenvalue weighted by Gasteiger charge is -2.19. The maximum Gasteiger partial charge on any atom is 0.412 e. The van der Waals surface area contributed by atoms with Gasteiger partial charge in [0, 0.05) is 5.69 Å². The second-order valence-corrected chi connectivity index (χ2v) is 5.33. The number of carbonyl (C=O) groups is 1. The standard InChI is InChI=1S/C10H12BrClN2O2/c1-10(2,3)16-9(15)13-6-4-7(11)14-8(12)5-6/h4-5H,1-3H3,(H,13,14,15). The van der Waals surface area contributed by atoms with Gasteiger partial charge in [0.1, 0.15) is 15.4 Å². The molecule has 0 aliphatic carbocycles. The van der Waals surface area contributed by atoms with Gasteiger partial charge in [-0.2, -0.15) is 0 Å². The maximum atomic E-state index is 11.4. The Morgan fingerprint density at radius 3 is 2.62 bits per heavy atom. The number of halogens is 2. The average molecular weight is 308 g/mol. The Hall–Kier alpha value is -0.810. The van der Waals surface area contributed by atoms with Gasteiger partial charge in [-0.1, -0.05) is 11.6 Å². The fourth-order valence-corrected chi connectivity index (χ4v) is 1.71. The predicted octanol–water partition coefficient (Wildman–Crippen LogP) is 3.84. The summed E-state index contributed by atoms with van der Waals surface area (Å²) in [5.41, 5.74) is -0.000803. The number of pyridine rings is 1. The quantitative estimate of drug-likeness (QED) is 0.802. The van der Waals surface area contributed by atoms with Crippen molar-refractivity contribution in [1.82, 2.24) is 4.98 Å². The first kappa shape index (κ1) is 13.3. The van der Waals surface area contributed by atoms with Crippen molar-refractivity contribution >= 4 is 39.3 Å². The van der Waals surface area contributed by atoms with Crippen molar-refractivity contribution in [3.8, 4) is 0 Å². The number of carbonyl (C=O) groups excluding carboxylic acids is 1. The van der Waals surface area contributed by atoms with Crippen LogP contribution in [0, 0.1) is 0 Å². The maximum absolute atomic E-state index is 11.4. The molecule has 0 atom stereocenters. The largest absolute Gasteiger partial charge is 0.444 e. The number of nitrogens with one attached hydrogen (secondary N) is 1. The highest BCUT2D eigenvalue weighted by atomic mass is 79.9. The number of hydrogen-bond acceptors (Lipinski definition) is 3. The molecular formula is C10H12BrClN2O2. The van der Waals surface area contributed by atoms with Crippen LogP contribution < -0.4 is 5.32 Å². The van der Waals surface area contributed by atoms with Gasteiger partial charge in [-0.05, 0) is 48.8 Å². The highest BCUT2D eigenvalue weighted by molar-refractivity contribution is 9.10. The minimum Gasteiger partial charge on any atom is -0.444 e. The molecule has 0 fully saturated rings. The molecule has 4 nitrogen and oxygen atoms in total. The molecule has 1 aromatic rings. The topological polar surface area (TPSA) is 51.2 Å². The van der Waals surface area contributed by atoms with Gasteiger partial charge in [0.2, 0.25) is 0 Å². The number of anilines is 1. The van der Waals surface area contributed by atoms with Gasteiger partial charge in [0.05, 0.1) is 0 Å². The molecule has 0 bridgehead atoms. The number of nitrogens with zero attached hydrogens (tertiary/aromatic N) is 1. The molecule has 6 heteroatoms. The normalized spacial score (nSPS) is 11.1. The van der Waals surface area contributed by atoms with Crippen LogP contribution in [-0.2, 0) is 4.74 Å². The predicted molar refractivity (Wildman–Crippen MR) is 66.8 cm³/mol. The average Bonchev–Trinajstić information content (AvgIpc) is 1.96. The molecule has 1 aromatic heterocycles. The molecule has 0 aromatic carbocycles. The molecule has 1 amide bonds. The van der Waals surface area contributed by atoms with Gasteiger partial charge >= 0.3 is 6.09 Å². The van der Waals surface area contributed by atoms with Gasteiger partial charge in [0.15, 0.2) is 0 Å². The van der Waals surface area contributed by atoms with Gasteiger partial charge in [-0.3, -0.25) is 5.32 Å². The van der Waals surface area contributed by atoms with E-state index in [4.69, 9.17) is 16.3 Å². The lowest BCUT2D eigenvalue weighted by molar-refractivity contribution is 0.0636. The van der Waals surface area contributed by atoms with Gasteiger partial charge < -0.3 is 4.74 Å². The highest BCUT2D eigenvalue weighted by Gasteiger charge is 2.16. The number of aromatic nitrogens is 1. The number of ether oxygens (including phenoxy) is 1. The smallest absolute Gasteiger partial charge is 0.412 e. The first-order chi connectivity index (χ1) is 7.26. The molecule has 0 aliphatic rings. The second-order valence-electron chi connectivity index (χ2n) is 4.13. The van der Waals surface area contributed by atoms with E-state index in [0.29, 0.717) is 15.4 Å². The minimum absolute atomic E-state index is 0.292. The molecule has 16 heavy (non-hydrogen) atoms. The summed E-state index contributed by atoms with van der Waals surface area (Å²) >= 11 is 8.91. The van der Waals surface area contributed by atoms with Crippen LogP contribution in [0.5, 0.6) is 0 Å². The van der Waals surface area contributed by atoms with Crippen LogP contribution in [0.3, 0.4) is 0 Å². The molecule has 0 spiro atoms. The molecule has 1 rings (SSSR count). The third kappa shape index (κ3) is 4.81. The third-order valence-electron chi connectivity index (χ3n) is 1.41. The van der Waals surface area contributed by atoms with Crippen molar-refractivity contribution in [1.29, 1.82) is 0 Å². The van der Waals surface area contributed by atoms with Crippen molar-refractivity contribution in [3.63, 3.8) is 0 Å². The Kier molecular flexibility index (Phi) is 4.15. The van der Waals surface area contributed by atoms with E-state index >= 15 is 0 Å². The SMILES string of the molecule is CC(C)(C)OC(=O)Nc1cc(Cl)nc(Br)c1. The molecule has 0 aliphatic heterocycles. The van der Waals surface area contributed by atoms with Crippen LogP contribution in [0.2, 0.25) is 5.15 Å². The van der Waals surface area contributed by atoms with Gasteiger partial charge in [0.25, 0.3) is 0 Å². The number of hydrogen-bond donors (Lipinski definition) is 1. The van der Waals surface area contributed by atoms with E-state index in [1.54, 1.807) is 26.8 Å². The van der Waals surface area contributed by atoms with Crippen molar-refractivity contribution in [3.05, 3.63) is 21.9 Å². The third-order valence-corrected chi connectivity index (χ3v) is 2.01. The van der Waals surface area contributed by atoms with Crippen LogP contribution in [-0.4, -0.2) is 16.7 Å². The zero-order chi connectivity index (χ0) is 12.3. The number of rotatable bonds is 1. The fraction of sp³-hybridized carbons (Fsp3) is 0.400. The summed E-state index contributed by atoms with van der Waals surface area (Å²) in [6, 6.07) is 3.17. The van der Waals surface area contributed by atoms with E-state index in [1.165, 1.54) is 6.07 Å². The molecule has 0 saturated carbocycles. The van der Waals surface area contributed by atoms with E-state index in [0.717, 1.165) is 0 Å². The van der Waals surface area contributed by atoms with Gasteiger partial charge in [-0.25, -0.2) is 9.78 Å². The summed E-state index contributed by atoms with van der Waals surface area (Å²) in [5.74, 6) is 0. The van der Waals surface area contributed by atoms with Crippen molar-refractivity contribution < 1.29 is 9.53 Å². The van der Waals surface area contributed by atoms with E-state index in [1.807, 2.05) is 0 Å². The van der Waals surface area contributed by atoms with E-state index in [9.17, 15) is 4.79 Å². The molecular weight excluding hydrogens is 295 g/mol.